The van der Waals surface area contributed by atoms with E-state index < -0.39 is 0 Å². The quantitative estimate of drug-likeness (QED) is 0.871. The number of rotatable bonds is 3. The minimum atomic E-state index is 0.0692. The first-order valence-corrected chi connectivity index (χ1v) is 8.77. The summed E-state index contributed by atoms with van der Waals surface area (Å²) in [5, 5.41) is 0. The van der Waals surface area contributed by atoms with Crippen LogP contribution >= 0.6 is 0 Å². The van der Waals surface area contributed by atoms with Gasteiger partial charge in [-0.25, -0.2) is 9.97 Å². The van der Waals surface area contributed by atoms with E-state index in [1.54, 1.807) is 12.3 Å². The number of amides is 1. The van der Waals surface area contributed by atoms with E-state index in [0.29, 0.717) is 23.4 Å². The monoisotopic (exact) mass is 322 g/mol. The number of pyridine rings is 1. The summed E-state index contributed by atoms with van der Waals surface area (Å²) in [5.41, 5.74) is 0.555. The van der Waals surface area contributed by atoms with Crippen LogP contribution in [0.5, 0.6) is 0 Å². The van der Waals surface area contributed by atoms with Gasteiger partial charge in [-0.15, -0.1) is 0 Å². The maximum Gasteiger partial charge on any atom is 0.272 e. The van der Waals surface area contributed by atoms with Crippen LogP contribution in [0.25, 0.3) is 0 Å². The number of nitrogens with zero attached hydrogens (tertiary/aromatic N) is 4. The summed E-state index contributed by atoms with van der Waals surface area (Å²) in [6.45, 7) is 1.71. The van der Waals surface area contributed by atoms with E-state index in [1.807, 2.05) is 35.5 Å². The lowest BCUT2D eigenvalue weighted by Crippen LogP contribution is -2.31. The Hall–Kier alpha value is -2.30. The van der Waals surface area contributed by atoms with Crippen LogP contribution in [0, 0.1) is 17.8 Å². The average Bonchev–Trinajstić information content (AvgIpc) is 3.08. The van der Waals surface area contributed by atoms with Crippen LogP contribution < -0.4 is 0 Å². The van der Waals surface area contributed by atoms with Crippen LogP contribution in [-0.2, 0) is 6.42 Å². The van der Waals surface area contributed by atoms with Crippen molar-refractivity contribution in [2.24, 2.45) is 17.8 Å². The number of carbonyl (C=O) groups is 1. The molecule has 1 saturated carbocycles. The van der Waals surface area contributed by atoms with Gasteiger partial charge in [0.25, 0.3) is 5.91 Å². The molecule has 2 fully saturated rings. The van der Waals surface area contributed by atoms with Gasteiger partial charge in [-0.1, -0.05) is 12.5 Å². The minimum absolute atomic E-state index is 0.0692. The van der Waals surface area contributed by atoms with Crippen LogP contribution in [0.2, 0.25) is 0 Å². The van der Waals surface area contributed by atoms with Crippen molar-refractivity contribution in [2.75, 3.05) is 13.1 Å². The summed E-state index contributed by atoms with van der Waals surface area (Å²) in [6.07, 6.45) is 9.92. The van der Waals surface area contributed by atoms with Crippen LogP contribution in [0.1, 0.15) is 35.6 Å². The van der Waals surface area contributed by atoms with E-state index >= 15 is 0 Å². The fraction of sp³-hybridized carbons (Fsp3) is 0.474. The van der Waals surface area contributed by atoms with Gasteiger partial charge in [-0.2, -0.15) is 0 Å². The highest BCUT2D eigenvalue weighted by Crippen LogP contribution is 2.41. The third kappa shape index (κ3) is 3.03. The molecule has 1 saturated heterocycles. The highest BCUT2D eigenvalue weighted by atomic mass is 16.2. The highest BCUT2D eigenvalue weighted by Gasteiger charge is 2.42. The van der Waals surface area contributed by atoms with E-state index in [1.165, 1.54) is 19.3 Å². The molecule has 1 aliphatic heterocycles. The van der Waals surface area contributed by atoms with Crippen molar-refractivity contribution in [3.05, 3.63) is 54.4 Å². The van der Waals surface area contributed by atoms with Gasteiger partial charge >= 0.3 is 0 Å². The molecule has 3 heterocycles. The molecule has 0 spiro atoms. The molecule has 5 nitrogen and oxygen atoms in total. The first-order chi connectivity index (χ1) is 11.8. The Morgan fingerprint density at radius 2 is 1.88 bits per heavy atom. The highest BCUT2D eigenvalue weighted by molar-refractivity contribution is 5.92. The molecule has 24 heavy (non-hydrogen) atoms. The van der Waals surface area contributed by atoms with Crippen molar-refractivity contribution in [3.8, 4) is 0 Å². The normalized spacial score (nSPS) is 26.2. The first-order valence-electron chi connectivity index (χ1n) is 8.77. The SMILES string of the molecule is O=C(c1ccccn1)N1C[C@H]2CCC[C@H](Cc3ncccn3)[C@H]2C1. The molecule has 0 bridgehead atoms. The summed E-state index contributed by atoms with van der Waals surface area (Å²) in [5.74, 6) is 2.75. The third-order valence-electron chi connectivity index (χ3n) is 5.48. The van der Waals surface area contributed by atoms with Crippen molar-refractivity contribution in [2.45, 2.75) is 25.7 Å². The van der Waals surface area contributed by atoms with Crippen molar-refractivity contribution >= 4 is 5.91 Å². The van der Waals surface area contributed by atoms with E-state index in [-0.39, 0.29) is 5.91 Å². The number of fused-ring (bicyclic) bond motifs is 1. The molecule has 0 aromatic carbocycles. The molecular weight excluding hydrogens is 300 g/mol. The van der Waals surface area contributed by atoms with Crippen LogP contribution in [0.3, 0.4) is 0 Å². The molecular formula is C19H22N4O. The smallest absolute Gasteiger partial charge is 0.272 e. The van der Waals surface area contributed by atoms with Gasteiger partial charge in [0, 0.05) is 38.1 Å². The molecule has 2 aromatic rings. The van der Waals surface area contributed by atoms with Gasteiger partial charge in [-0.05, 0) is 48.8 Å². The lowest BCUT2D eigenvalue weighted by atomic mass is 9.72. The van der Waals surface area contributed by atoms with Crippen molar-refractivity contribution in [1.82, 2.24) is 19.9 Å². The van der Waals surface area contributed by atoms with Crippen molar-refractivity contribution < 1.29 is 4.79 Å². The average molecular weight is 322 g/mol. The number of likely N-dealkylation sites (tertiary alicyclic amines) is 1. The number of carbonyl (C=O) groups excluding carboxylic acids is 1. The fourth-order valence-corrected chi connectivity index (χ4v) is 4.33. The molecule has 124 valence electrons. The lowest BCUT2D eigenvalue weighted by molar-refractivity contribution is 0.0775. The first kappa shape index (κ1) is 15.2. The standard InChI is InChI=1S/C19H22N4O/c24-19(17-7-1-2-8-20-17)23-12-15-6-3-5-14(16(15)13-23)11-18-21-9-4-10-22-18/h1-2,4,7-10,14-16H,3,5-6,11-13H2/t14-,15-,16-/m1/s1. The largest absolute Gasteiger partial charge is 0.337 e. The predicted molar refractivity (Wildman–Crippen MR) is 90.2 cm³/mol. The van der Waals surface area contributed by atoms with Crippen LogP contribution in [0.15, 0.2) is 42.9 Å². The van der Waals surface area contributed by atoms with E-state index in [2.05, 4.69) is 15.0 Å². The van der Waals surface area contributed by atoms with Gasteiger partial charge in [0.1, 0.15) is 11.5 Å². The number of hydrogen-bond donors (Lipinski definition) is 0. The second-order valence-electron chi connectivity index (χ2n) is 6.91. The van der Waals surface area contributed by atoms with Crippen LogP contribution in [-0.4, -0.2) is 38.8 Å². The summed E-state index contributed by atoms with van der Waals surface area (Å²) in [6, 6.07) is 7.38. The van der Waals surface area contributed by atoms with Crippen LogP contribution in [0.4, 0.5) is 0 Å². The molecule has 2 aliphatic rings. The zero-order valence-corrected chi connectivity index (χ0v) is 13.7. The third-order valence-corrected chi connectivity index (χ3v) is 5.48. The van der Waals surface area contributed by atoms with Gasteiger partial charge in [-0.3, -0.25) is 9.78 Å². The Morgan fingerprint density at radius 1 is 1.04 bits per heavy atom. The van der Waals surface area contributed by atoms with Gasteiger partial charge < -0.3 is 4.90 Å². The second kappa shape index (κ2) is 6.67. The van der Waals surface area contributed by atoms with Gasteiger partial charge in [0.2, 0.25) is 0 Å². The fourth-order valence-electron chi connectivity index (χ4n) is 4.33. The molecule has 0 unspecified atom stereocenters. The zero-order valence-electron chi connectivity index (χ0n) is 13.7. The predicted octanol–water partition coefficient (Wildman–Crippen LogP) is 2.60. The summed E-state index contributed by atoms with van der Waals surface area (Å²) < 4.78 is 0. The molecule has 3 atom stereocenters. The topological polar surface area (TPSA) is 59.0 Å². The van der Waals surface area contributed by atoms with Gasteiger partial charge in [0.05, 0.1) is 0 Å². The second-order valence-corrected chi connectivity index (χ2v) is 6.91. The molecule has 2 aromatic heterocycles. The van der Waals surface area contributed by atoms with Gasteiger partial charge in [0.15, 0.2) is 0 Å². The zero-order chi connectivity index (χ0) is 16.4. The van der Waals surface area contributed by atoms with E-state index in [9.17, 15) is 4.79 Å². The minimum Gasteiger partial charge on any atom is -0.337 e. The van der Waals surface area contributed by atoms with E-state index in [4.69, 9.17) is 0 Å². The molecule has 4 rings (SSSR count). The number of aromatic nitrogens is 3. The summed E-state index contributed by atoms with van der Waals surface area (Å²) >= 11 is 0. The number of hydrogen-bond acceptors (Lipinski definition) is 4. The molecule has 0 radical (unpaired) electrons. The molecule has 1 aliphatic carbocycles. The maximum atomic E-state index is 12.7. The molecule has 5 heteroatoms. The Balaban J connectivity index is 1.47. The summed E-state index contributed by atoms with van der Waals surface area (Å²) in [7, 11) is 0. The van der Waals surface area contributed by atoms with Crippen molar-refractivity contribution in [3.63, 3.8) is 0 Å². The Bertz CT molecular complexity index is 691. The van der Waals surface area contributed by atoms with E-state index in [0.717, 1.165) is 25.3 Å². The Labute approximate surface area is 142 Å². The lowest BCUT2D eigenvalue weighted by Gasteiger charge is -2.32. The summed E-state index contributed by atoms with van der Waals surface area (Å²) in [4.78, 5) is 27.7. The molecule has 1 amide bonds. The molecule has 0 N–H and O–H groups in total. The Kier molecular flexibility index (Phi) is 4.24. The maximum absolute atomic E-state index is 12.7. The van der Waals surface area contributed by atoms with Crippen molar-refractivity contribution in [1.29, 1.82) is 0 Å². The Morgan fingerprint density at radius 3 is 2.67 bits per heavy atom.